The fraction of sp³-hybridized carbons (Fsp3) is 0.292. The topological polar surface area (TPSA) is 139 Å². The highest BCUT2D eigenvalue weighted by molar-refractivity contribution is 6.30. The number of carbonyl (C=O) groups excluding carboxylic acids is 1. The molecule has 1 aliphatic carbocycles. The van der Waals surface area contributed by atoms with Crippen LogP contribution in [-0.4, -0.2) is 41.3 Å². The van der Waals surface area contributed by atoms with Crippen molar-refractivity contribution in [3.8, 4) is 5.88 Å². The summed E-state index contributed by atoms with van der Waals surface area (Å²) in [5.41, 5.74) is 0.413. The summed E-state index contributed by atoms with van der Waals surface area (Å²) < 4.78 is 21.8. The predicted molar refractivity (Wildman–Crippen MR) is 133 cm³/mol. The van der Waals surface area contributed by atoms with Crippen molar-refractivity contribution in [3.05, 3.63) is 68.2 Å². The van der Waals surface area contributed by atoms with Crippen LogP contribution in [0.2, 0.25) is 5.02 Å². The van der Waals surface area contributed by atoms with E-state index >= 15 is 0 Å². The van der Waals surface area contributed by atoms with Crippen LogP contribution in [0.5, 0.6) is 5.88 Å². The second-order valence-corrected chi connectivity index (χ2v) is 9.37. The third-order valence-electron chi connectivity index (χ3n) is 5.62. The standard InChI is InChI=1S/C24H23ClFN7O4/c1-12(2)23(35)37-11-32-22(34)18(30-24(32)36)7-13-10-27-33-20(28-15-4-5-15)9-19(31-21(13)33)29-17-8-14(25)3-6-16(17)26/h3,6-10,12,15,29,34H,4-5,11H2,1-2H3,(H,30,36). The first kappa shape index (κ1) is 24.5. The van der Waals surface area contributed by atoms with Crippen molar-refractivity contribution in [2.24, 2.45) is 10.9 Å². The summed E-state index contributed by atoms with van der Waals surface area (Å²) in [5.74, 6) is -1.51. The van der Waals surface area contributed by atoms with Gasteiger partial charge < -0.3 is 20.1 Å². The minimum Gasteiger partial charge on any atom is -0.493 e. The van der Waals surface area contributed by atoms with Gasteiger partial charge in [-0.3, -0.25) is 9.79 Å². The zero-order valence-corrected chi connectivity index (χ0v) is 20.7. The van der Waals surface area contributed by atoms with Crippen molar-refractivity contribution < 1.29 is 19.0 Å². The van der Waals surface area contributed by atoms with Gasteiger partial charge in [0.15, 0.2) is 17.9 Å². The molecule has 3 heterocycles. The maximum absolute atomic E-state index is 14.3. The maximum Gasteiger partial charge on any atom is 0.331 e. The van der Waals surface area contributed by atoms with Crippen LogP contribution in [0.15, 0.2) is 40.2 Å². The average molecular weight is 528 g/mol. The van der Waals surface area contributed by atoms with Crippen LogP contribution in [0.25, 0.3) is 11.7 Å². The van der Waals surface area contributed by atoms with Gasteiger partial charge in [0, 0.05) is 16.3 Å². The van der Waals surface area contributed by atoms with Gasteiger partial charge in [-0.15, -0.1) is 0 Å². The quantitative estimate of drug-likeness (QED) is 0.313. The molecule has 5 rings (SSSR count). The van der Waals surface area contributed by atoms with E-state index in [1.165, 1.54) is 35.0 Å². The SMILES string of the molecule is CC(C)C(=O)OCn1c(O)c(C=c2cnn3c(=NC4CC4)cc(Nc4cc(Cl)ccc4F)nc23)[nH]c1=O. The Kier molecular flexibility index (Phi) is 6.42. The monoisotopic (exact) mass is 527 g/mol. The smallest absolute Gasteiger partial charge is 0.331 e. The first-order valence-electron chi connectivity index (χ1n) is 11.5. The van der Waals surface area contributed by atoms with Crippen LogP contribution < -0.4 is 21.7 Å². The number of rotatable bonds is 7. The molecule has 3 aromatic heterocycles. The molecule has 0 amide bonds. The second kappa shape index (κ2) is 9.69. The van der Waals surface area contributed by atoms with Gasteiger partial charge in [0.2, 0.25) is 5.88 Å². The molecule has 1 aromatic carbocycles. The van der Waals surface area contributed by atoms with E-state index < -0.39 is 30.1 Å². The Bertz CT molecular complexity index is 1690. The fourth-order valence-corrected chi connectivity index (χ4v) is 3.67. The van der Waals surface area contributed by atoms with Gasteiger partial charge in [-0.1, -0.05) is 25.4 Å². The number of anilines is 2. The lowest BCUT2D eigenvalue weighted by molar-refractivity contribution is -0.151. The van der Waals surface area contributed by atoms with Gasteiger partial charge in [-0.05, 0) is 37.1 Å². The third-order valence-corrected chi connectivity index (χ3v) is 5.86. The van der Waals surface area contributed by atoms with E-state index in [0.29, 0.717) is 27.2 Å². The van der Waals surface area contributed by atoms with Gasteiger partial charge in [0.05, 0.1) is 23.8 Å². The highest BCUT2D eigenvalue weighted by atomic mass is 35.5. The summed E-state index contributed by atoms with van der Waals surface area (Å²) >= 11 is 6.02. The highest BCUT2D eigenvalue weighted by Gasteiger charge is 2.21. The normalized spacial score (nSPS) is 14.6. The number of nitrogens with one attached hydrogen (secondary N) is 2. The summed E-state index contributed by atoms with van der Waals surface area (Å²) in [6, 6.07) is 5.96. The second-order valence-electron chi connectivity index (χ2n) is 8.93. The van der Waals surface area contributed by atoms with Crippen molar-refractivity contribution in [2.75, 3.05) is 5.32 Å². The van der Waals surface area contributed by atoms with Crippen LogP contribution in [0.3, 0.4) is 0 Å². The Hall–Kier alpha value is -4.19. The molecule has 11 nitrogen and oxygen atoms in total. The van der Waals surface area contributed by atoms with E-state index in [-0.39, 0.29) is 23.3 Å². The molecular formula is C24H23ClFN7O4. The van der Waals surface area contributed by atoms with Gasteiger partial charge in [-0.25, -0.2) is 18.7 Å². The van der Waals surface area contributed by atoms with Crippen molar-refractivity contribution >= 4 is 40.8 Å². The van der Waals surface area contributed by atoms with E-state index in [4.69, 9.17) is 16.3 Å². The molecular weight excluding hydrogens is 505 g/mol. The zero-order valence-electron chi connectivity index (χ0n) is 19.9. The number of esters is 1. The molecule has 0 unspecified atom stereocenters. The number of fused-ring (bicyclic) bond motifs is 1. The number of ether oxygens (including phenoxy) is 1. The molecule has 1 fully saturated rings. The van der Waals surface area contributed by atoms with Gasteiger partial charge in [-0.2, -0.15) is 9.61 Å². The van der Waals surface area contributed by atoms with E-state index in [1.54, 1.807) is 19.9 Å². The number of nitrogens with zero attached hydrogens (tertiary/aromatic N) is 5. The molecule has 37 heavy (non-hydrogen) atoms. The first-order valence-corrected chi connectivity index (χ1v) is 11.9. The van der Waals surface area contributed by atoms with Crippen LogP contribution in [0.1, 0.15) is 32.4 Å². The predicted octanol–water partition coefficient (Wildman–Crippen LogP) is 2.23. The van der Waals surface area contributed by atoms with Crippen LogP contribution >= 0.6 is 11.6 Å². The Morgan fingerprint density at radius 1 is 1.41 bits per heavy atom. The molecule has 1 saturated carbocycles. The number of aromatic hydroxyl groups is 1. The van der Waals surface area contributed by atoms with E-state index in [2.05, 4.69) is 25.4 Å². The number of hydrogen-bond acceptors (Lipinski definition) is 8. The summed E-state index contributed by atoms with van der Waals surface area (Å²) in [5, 5.41) is 18.7. The van der Waals surface area contributed by atoms with Gasteiger partial charge in [0.1, 0.15) is 17.3 Å². The van der Waals surface area contributed by atoms with E-state index in [1.807, 2.05) is 0 Å². The lowest BCUT2D eigenvalue weighted by Crippen LogP contribution is -2.21. The number of hydrogen-bond donors (Lipinski definition) is 3. The van der Waals surface area contributed by atoms with Gasteiger partial charge >= 0.3 is 11.7 Å². The fourth-order valence-electron chi connectivity index (χ4n) is 3.49. The van der Waals surface area contributed by atoms with Crippen molar-refractivity contribution in [3.63, 3.8) is 0 Å². The lowest BCUT2D eigenvalue weighted by atomic mass is 10.2. The van der Waals surface area contributed by atoms with Gasteiger partial charge in [0.25, 0.3) is 0 Å². The van der Waals surface area contributed by atoms with Crippen LogP contribution in [-0.2, 0) is 16.3 Å². The summed E-state index contributed by atoms with van der Waals surface area (Å²) in [7, 11) is 0. The molecule has 192 valence electrons. The number of imidazole rings is 1. The third kappa shape index (κ3) is 5.19. The summed E-state index contributed by atoms with van der Waals surface area (Å²) in [6.45, 7) is 2.88. The van der Waals surface area contributed by atoms with E-state index in [9.17, 15) is 19.1 Å². The Morgan fingerprint density at radius 2 is 2.19 bits per heavy atom. The zero-order chi connectivity index (χ0) is 26.3. The van der Waals surface area contributed by atoms with Crippen LogP contribution in [0, 0.1) is 11.7 Å². The molecule has 0 bridgehead atoms. The molecule has 0 radical (unpaired) electrons. The van der Waals surface area contributed by atoms with Crippen molar-refractivity contribution in [1.82, 2.24) is 24.1 Å². The number of aromatic nitrogens is 5. The molecule has 0 saturated heterocycles. The highest BCUT2D eigenvalue weighted by Crippen LogP contribution is 2.24. The molecule has 13 heteroatoms. The molecule has 3 N–H and O–H groups in total. The van der Waals surface area contributed by atoms with Crippen molar-refractivity contribution in [2.45, 2.75) is 39.5 Å². The van der Waals surface area contributed by atoms with E-state index in [0.717, 1.165) is 17.4 Å². The number of aromatic amines is 1. The van der Waals surface area contributed by atoms with Crippen molar-refractivity contribution in [1.29, 1.82) is 0 Å². The molecule has 0 spiro atoms. The molecule has 0 aliphatic heterocycles. The number of H-pyrrole nitrogens is 1. The Balaban J connectivity index is 1.58. The first-order chi connectivity index (χ1) is 17.7. The minimum absolute atomic E-state index is 0.0715. The Labute approximate surface area is 213 Å². The number of halogens is 2. The Morgan fingerprint density at radius 3 is 2.92 bits per heavy atom. The maximum atomic E-state index is 14.3. The number of carbonyl (C=O) groups is 1. The lowest BCUT2D eigenvalue weighted by Gasteiger charge is -2.08. The number of benzene rings is 1. The molecule has 1 aliphatic rings. The minimum atomic E-state index is -0.659. The molecule has 0 atom stereocenters. The molecule has 4 aromatic rings. The van der Waals surface area contributed by atoms with Crippen LogP contribution in [0.4, 0.5) is 15.9 Å². The summed E-state index contributed by atoms with van der Waals surface area (Å²) in [4.78, 5) is 35.9. The average Bonchev–Trinajstić information content (AvgIpc) is 3.52. The summed E-state index contributed by atoms with van der Waals surface area (Å²) in [6.07, 6.45) is 4.91. The largest absolute Gasteiger partial charge is 0.493 e.